The second-order valence-electron chi connectivity index (χ2n) is 10.5. The monoisotopic (exact) mass is 519 g/mol. The number of carbonyl (C=O) groups excluding carboxylic acids is 3. The van der Waals surface area contributed by atoms with Crippen molar-refractivity contribution in [2.24, 2.45) is 17.8 Å². The molecule has 7 atom stereocenters. The lowest BCUT2D eigenvalue weighted by atomic mass is 9.65. The summed E-state index contributed by atoms with van der Waals surface area (Å²) in [5.41, 5.74) is 0. The lowest BCUT2D eigenvalue weighted by Gasteiger charge is -2.42. The molecule has 0 aromatic heterocycles. The number of nitrogens with zero attached hydrogens (tertiary/aromatic N) is 3. The predicted molar refractivity (Wildman–Crippen MR) is 145 cm³/mol. The second-order valence-corrected chi connectivity index (χ2v) is 12.1. The number of rotatable bonds is 14. The van der Waals surface area contributed by atoms with Crippen molar-refractivity contribution in [3.63, 3.8) is 0 Å². The minimum absolute atomic E-state index is 0.000372. The maximum atomic E-state index is 14.3. The van der Waals surface area contributed by atoms with Crippen LogP contribution in [0, 0.1) is 17.8 Å². The summed E-state index contributed by atoms with van der Waals surface area (Å²) in [7, 11) is 0. The first-order valence-electron chi connectivity index (χ1n) is 13.7. The number of likely N-dealkylation sites (tertiary alicyclic amines) is 1. The fraction of sp³-hybridized carbons (Fsp3) is 0.750. The van der Waals surface area contributed by atoms with Gasteiger partial charge in [-0.25, -0.2) is 0 Å². The van der Waals surface area contributed by atoms with E-state index in [-0.39, 0.29) is 35.5 Å². The number of hydrogen-bond acceptors (Lipinski definition) is 5. The molecular formula is C28H45N3O4S. The zero-order valence-corrected chi connectivity index (χ0v) is 23.3. The summed E-state index contributed by atoms with van der Waals surface area (Å²) in [4.78, 5) is 47.8. The molecule has 8 heteroatoms. The molecule has 3 amide bonds. The zero-order chi connectivity index (χ0) is 26.6. The highest BCUT2D eigenvalue weighted by molar-refractivity contribution is 8.02. The van der Waals surface area contributed by atoms with E-state index in [0.29, 0.717) is 32.6 Å². The third kappa shape index (κ3) is 4.64. The number of aliphatic hydroxyl groups is 1. The predicted octanol–water partition coefficient (Wildman–Crippen LogP) is 3.33. The SMILES string of the molecule is C=CCN(CCCC)C(=O)C1N([C@@H](CC)CO)C(=O)[C@@H]2[C@@H](C(=O)N(CC=C)CCC)[C@H]3CC(C)C12S3. The average Bonchev–Trinajstić information content (AvgIpc) is 3.46. The minimum Gasteiger partial charge on any atom is -0.394 e. The van der Waals surface area contributed by atoms with Crippen LogP contribution in [-0.2, 0) is 14.4 Å². The first kappa shape index (κ1) is 28.8. The molecule has 3 aliphatic heterocycles. The van der Waals surface area contributed by atoms with Crippen LogP contribution in [0.1, 0.15) is 59.8 Å². The Morgan fingerprint density at radius 3 is 2.31 bits per heavy atom. The Hall–Kier alpha value is -1.80. The number of aliphatic hydroxyl groups excluding tert-OH is 1. The highest BCUT2D eigenvalue weighted by Crippen LogP contribution is 2.69. The molecule has 3 unspecified atom stereocenters. The minimum atomic E-state index is -0.689. The number of fused-ring (bicyclic) bond motifs is 1. The van der Waals surface area contributed by atoms with E-state index in [1.54, 1.807) is 28.8 Å². The molecule has 0 aliphatic carbocycles. The maximum absolute atomic E-state index is 14.3. The van der Waals surface area contributed by atoms with Crippen LogP contribution in [0.3, 0.4) is 0 Å². The van der Waals surface area contributed by atoms with Gasteiger partial charge in [0.2, 0.25) is 17.7 Å². The van der Waals surface area contributed by atoms with E-state index >= 15 is 0 Å². The standard InChI is InChI=1S/C28H45N3O4S/c1-7-12-16-30(15-10-4)27(35)24-28-19(6)17-21(36-28)22(25(33)29(13-8-2)14-9-3)23(28)26(34)31(24)20(11-5)18-32/h8,10,19-24,32H,2,4,7,9,11-18H2,1,3,5-6H3/t19?,20-,21+,22-,23-,24?,28?/m0/s1. The van der Waals surface area contributed by atoms with Gasteiger partial charge in [-0.2, -0.15) is 0 Å². The summed E-state index contributed by atoms with van der Waals surface area (Å²) in [6, 6.07) is -1.14. The van der Waals surface area contributed by atoms with Crippen molar-refractivity contribution in [2.75, 3.05) is 32.8 Å². The van der Waals surface area contributed by atoms with Gasteiger partial charge in [0.1, 0.15) is 6.04 Å². The van der Waals surface area contributed by atoms with Crippen molar-refractivity contribution in [2.45, 2.75) is 81.9 Å². The lowest BCUT2D eigenvalue weighted by molar-refractivity contribution is -0.147. The van der Waals surface area contributed by atoms with E-state index in [4.69, 9.17) is 0 Å². The topological polar surface area (TPSA) is 81.2 Å². The molecule has 3 saturated heterocycles. The molecule has 3 fully saturated rings. The van der Waals surface area contributed by atoms with Gasteiger partial charge < -0.3 is 19.8 Å². The van der Waals surface area contributed by atoms with Crippen LogP contribution >= 0.6 is 11.8 Å². The Morgan fingerprint density at radius 1 is 1.14 bits per heavy atom. The maximum Gasteiger partial charge on any atom is 0.247 e. The molecule has 0 saturated carbocycles. The Labute approximate surface area is 221 Å². The van der Waals surface area contributed by atoms with E-state index in [9.17, 15) is 19.5 Å². The smallest absolute Gasteiger partial charge is 0.247 e. The van der Waals surface area contributed by atoms with Crippen molar-refractivity contribution >= 4 is 29.5 Å². The Morgan fingerprint density at radius 2 is 1.78 bits per heavy atom. The van der Waals surface area contributed by atoms with Crippen LogP contribution < -0.4 is 0 Å². The number of hydrogen-bond donors (Lipinski definition) is 1. The Bertz CT molecular complexity index is 847. The Kier molecular flexibility index (Phi) is 9.72. The van der Waals surface area contributed by atoms with Gasteiger partial charge in [0.05, 0.1) is 29.2 Å². The van der Waals surface area contributed by atoms with Crippen molar-refractivity contribution in [3.05, 3.63) is 25.3 Å². The molecule has 0 aromatic rings. The van der Waals surface area contributed by atoms with Gasteiger partial charge in [-0.3, -0.25) is 14.4 Å². The molecule has 3 heterocycles. The average molecular weight is 520 g/mol. The Balaban J connectivity index is 2.10. The summed E-state index contributed by atoms with van der Waals surface area (Å²) < 4.78 is -0.667. The summed E-state index contributed by atoms with van der Waals surface area (Å²) in [6.07, 6.45) is 7.48. The fourth-order valence-corrected chi connectivity index (χ4v) is 9.12. The first-order chi connectivity index (χ1) is 17.3. The van der Waals surface area contributed by atoms with Gasteiger partial charge in [-0.15, -0.1) is 24.9 Å². The molecular weight excluding hydrogens is 474 g/mol. The summed E-state index contributed by atoms with van der Waals surface area (Å²) in [5.74, 6) is -1.12. The van der Waals surface area contributed by atoms with Crippen molar-refractivity contribution in [1.29, 1.82) is 0 Å². The molecule has 1 N–H and O–H groups in total. The first-order valence-corrected chi connectivity index (χ1v) is 14.6. The van der Waals surface area contributed by atoms with Gasteiger partial charge in [-0.1, -0.05) is 46.3 Å². The van der Waals surface area contributed by atoms with Crippen LogP contribution in [0.15, 0.2) is 25.3 Å². The van der Waals surface area contributed by atoms with Crippen molar-refractivity contribution < 1.29 is 19.5 Å². The quantitative estimate of drug-likeness (QED) is 0.356. The summed E-state index contributed by atoms with van der Waals surface area (Å²) in [6.45, 7) is 17.8. The van der Waals surface area contributed by atoms with Crippen LogP contribution in [0.4, 0.5) is 0 Å². The number of thioether (sulfide) groups is 1. The lowest BCUT2D eigenvalue weighted by Crippen LogP contribution is -2.59. The van der Waals surface area contributed by atoms with Gasteiger partial charge in [0.25, 0.3) is 0 Å². The molecule has 7 nitrogen and oxygen atoms in total. The normalized spacial score (nSPS) is 31.3. The van der Waals surface area contributed by atoms with Crippen LogP contribution in [-0.4, -0.2) is 92.4 Å². The number of amides is 3. The van der Waals surface area contributed by atoms with Crippen LogP contribution in [0.2, 0.25) is 0 Å². The molecule has 0 radical (unpaired) electrons. The van der Waals surface area contributed by atoms with E-state index in [0.717, 1.165) is 25.7 Å². The van der Waals surface area contributed by atoms with E-state index in [2.05, 4.69) is 27.0 Å². The summed E-state index contributed by atoms with van der Waals surface area (Å²) >= 11 is 1.70. The largest absolute Gasteiger partial charge is 0.394 e. The van der Waals surface area contributed by atoms with E-state index in [1.165, 1.54) is 0 Å². The third-order valence-electron chi connectivity index (χ3n) is 8.38. The van der Waals surface area contributed by atoms with Gasteiger partial charge in [0.15, 0.2) is 0 Å². The second kappa shape index (κ2) is 12.2. The fourth-order valence-electron chi connectivity index (χ4n) is 6.73. The number of unbranched alkanes of at least 4 members (excludes halogenated alkanes) is 1. The molecule has 1 spiro atoms. The molecule has 36 heavy (non-hydrogen) atoms. The van der Waals surface area contributed by atoms with Crippen LogP contribution in [0.25, 0.3) is 0 Å². The molecule has 3 rings (SSSR count). The number of carbonyl (C=O) groups is 3. The molecule has 202 valence electrons. The molecule has 0 aromatic carbocycles. The highest BCUT2D eigenvalue weighted by atomic mass is 32.2. The molecule has 3 aliphatic rings. The zero-order valence-electron chi connectivity index (χ0n) is 22.5. The van der Waals surface area contributed by atoms with E-state index in [1.807, 2.05) is 23.6 Å². The third-order valence-corrected chi connectivity index (χ3v) is 10.5. The van der Waals surface area contributed by atoms with Gasteiger partial charge >= 0.3 is 0 Å². The van der Waals surface area contributed by atoms with E-state index < -0.39 is 28.7 Å². The van der Waals surface area contributed by atoms with Crippen molar-refractivity contribution in [3.8, 4) is 0 Å². The summed E-state index contributed by atoms with van der Waals surface area (Å²) in [5, 5.41) is 10.3. The van der Waals surface area contributed by atoms with Crippen molar-refractivity contribution in [1.82, 2.24) is 14.7 Å². The molecule has 2 bridgehead atoms. The van der Waals surface area contributed by atoms with Gasteiger partial charge in [-0.05, 0) is 31.6 Å². The van der Waals surface area contributed by atoms with Gasteiger partial charge in [0, 0.05) is 31.4 Å². The highest BCUT2D eigenvalue weighted by Gasteiger charge is 2.76. The van der Waals surface area contributed by atoms with Crippen LogP contribution in [0.5, 0.6) is 0 Å².